The number of piperidine rings is 1. The van der Waals surface area contributed by atoms with Crippen LogP contribution in [0.15, 0.2) is 0 Å². The minimum Gasteiger partial charge on any atom is -0.465 e. The second-order valence-corrected chi connectivity index (χ2v) is 7.45. The lowest BCUT2D eigenvalue weighted by Crippen LogP contribution is -2.57. The van der Waals surface area contributed by atoms with E-state index < -0.39 is 12.1 Å². The number of nitrogens with zero attached hydrogens (tertiary/aromatic N) is 3. The number of rotatable bonds is 4. The zero-order chi connectivity index (χ0) is 18.0. The van der Waals surface area contributed by atoms with Crippen molar-refractivity contribution in [2.45, 2.75) is 38.6 Å². The summed E-state index contributed by atoms with van der Waals surface area (Å²) in [6.07, 6.45) is 2.03. The number of carboxylic acid groups (broad SMARTS) is 1. The maximum absolute atomic E-state index is 12.3. The molecule has 0 aromatic carbocycles. The van der Waals surface area contributed by atoms with E-state index in [0.29, 0.717) is 37.9 Å². The fraction of sp³-hybridized carbons (Fsp3) is 0.824. The van der Waals surface area contributed by atoms with Crippen LogP contribution in [0.1, 0.15) is 32.6 Å². The van der Waals surface area contributed by atoms with Crippen molar-refractivity contribution in [2.24, 2.45) is 5.41 Å². The molecule has 0 radical (unpaired) electrons. The predicted molar refractivity (Wildman–Crippen MR) is 89.1 cm³/mol. The van der Waals surface area contributed by atoms with Gasteiger partial charge in [-0.2, -0.15) is 0 Å². The molecule has 0 aromatic rings. The fourth-order valence-corrected chi connectivity index (χ4v) is 3.90. The van der Waals surface area contributed by atoms with Gasteiger partial charge in [0, 0.05) is 44.6 Å². The monoisotopic (exact) mass is 353 g/mol. The minimum atomic E-state index is -1.06. The van der Waals surface area contributed by atoms with Crippen LogP contribution in [0.2, 0.25) is 0 Å². The SMILES string of the molecule is C[C@H]1C(=O)N(CCCC(=O)N2CCC3(CC2)COC3)CCN1C(=O)O. The molecule has 140 valence electrons. The lowest BCUT2D eigenvalue weighted by molar-refractivity contribution is -0.153. The predicted octanol–water partition coefficient (Wildman–Crippen LogP) is 0.616. The number of ether oxygens (including phenoxy) is 1. The van der Waals surface area contributed by atoms with E-state index in [4.69, 9.17) is 9.84 Å². The first-order valence-corrected chi connectivity index (χ1v) is 9.06. The van der Waals surface area contributed by atoms with Crippen molar-refractivity contribution in [1.82, 2.24) is 14.7 Å². The Balaban J connectivity index is 1.39. The summed E-state index contributed by atoms with van der Waals surface area (Å²) in [5, 5.41) is 9.06. The summed E-state index contributed by atoms with van der Waals surface area (Å²) >= 11 is 0. The molecular weight excluding hydrogens is 326 g/mol. The highest BCUT2D eigenvalue weighted by Crippen LogP contribution is 2.38. The third-order valence-corrected chi connectivity index (χ3v) is 5.81. The molecule has 0 aliphatic carbocycles. The van der Waals surface area contributed by atoms with E-state index in [-0.39, 0.29) is 11.8 Å². The normalized spacial score (nSPS) is 25.9. The Labute approximate surface area is 147 Å². The Kier molecular flexibility index (Phi) is 5.17. The van der Waals surface area contributed by atoms with Crippen LogP contribution in [0.25, 0.3) is 0 Å². The van der Waals surface area contributed by atoms with Crippen molar-refractivity contribution < 1.29 is 24.2 Å². The Hall–Kier alpha value is -1.83. The van der Waals surface area contributed by atoms with Gasteiger partial charge in [-0.1, -0.05) is 0 Å². The quantitative estimate of drug-likeness (QED) is 0.800. The van der Waals surface area contributed by atoms with E-state index in [1.165, 1.54) is 0 Å². The van der Waals surface area contributed by atoms with Crippen molar-refractivity contribution in [3.8, 4) is 0 Å². The molecule has 0 aromatic heterocycles. The summed E-state index contributed by atoms with van der Waals surface area (Å²) in [6, 6.07) is -0.648. The van der Waals surface area contributed by atoms with Gasteiger partial charge in [-0.25, -0.2) is 4.79 Å². The molecule has 3 saturated heterocycles. The van der Waals surface area contributed by atoms with E-state index in [2.05, 4.69) is 0 Å². The Bertz CT molecular complexity index is 538. The van der Waals surface area contributed by atoms with Crippen LogP contribution in [0.4, 0.5) is 4.79 Å². The largest absolute Gasteiger partial charge is 0.465 e. The van der Waals surface area contributed by atoms with Crippen LogP contribution in [-0.4, -0.2) is 89.7 Å². The van der Waals surface area contributed by atoms with E-state index in [9.17, 15) is 14.4 Å². The third-order valence-electron chi connectivity index (χ3n) is 5.81. The molecule has 8 heteroatoms. The van der Waals surface area contributed by atoms with Crippen LogP contribution in [0, 0.1) is 5.41 Å². The van der Waals surface area contributed by atoms with Gasteiger partial charge in [-0.3, -0.25) is 14.5 Å². The van der Waals surface area contributed by atoms with Gasteiger partial charge in [-0.15, -0.1) is 0 Å². The van der Waals surface area contributed by atoms with Gasteiger partial charge in [0.05, 0.1) is 13.2 Å². The van der Waals surface area contributed by atoms with Crippen LogP contribution in [-0.2, 0) is 14.3 Å². The number of likely N-dealkylation sites (tertiary alicyclic amines) is 1. The molecule has 3 amide bonds. The van der Waals surface area contributed by atoms with E-state index in [0.717, 1.165) is 44.0 Å². The first kappa shape index (κ1) is 18.0. The zero-order valence-corrected chi connectivity index (χ0v) is 14.8. The number of carbonyl (C=O) groups excluding carboxylic acids is 2. The highest BCUT2D eigenvalue weighted by Gasteiger charge is 2.41. The number of hydrogen-bond donors (Lipinski definition) is 1. The van der Waals surface area contributed by atoms with Crippen molar-refractivity contribution in [2.75, 3.05) is 45.9 Å². The van der Waals surface area contributed by atoms with Crippen molar-refractivity contribution >= 4 is 17.9 Å². The molecule has 25 heavy (non-hydrogen) atoms. The van der Waals surface area contributed by atoms with Crippen LogP contribution in [0.5, 0.6) is 0 Å². The van der Waals surface area contributed by atoms with Gasteiger partial charge in [-0.05, 0) is 26.2 Å². The van der Waals surface area contributed by atoms with Crippen LogP contribution in [0.3, 0.4) is 0 Å². The van der Waals surface area contributed by atoms with Crippen LogP contribution < -0.4 is 0 Å². The number of piperazine rings is 1. The van der Waals surface area contributed by atoms with E-state index >= 15 is 0 Å². The molecule has 0 unspecified atom stereocenters. The molecule has 0 bridgehead atoms. The summed E-state index contributed by atoms with van der Waals surface area (Å²) in [4.78, 5) is 40.4. The van der Waals surface area contributed by atoms with Gasteiger partial charge in [0.1, 0.15) is 6.04 Å². The highest BCUT2D eigenvalue weighted by atomic mass is 16.5. The second kappa shape index (κ2) is 7.19. The van der Waals surface area contributed by atoms with Crippen molar-refractivity contribution in [3.05, 3.63) is 0 Å². The lowest BCUT2D eigenvalue weighted by atomic mass is 9.77. The summed E-state index contributed by atoms with van der Waals surface area (Å²) < 4.78 is 5.30. The Morgan fingerprint density at radius 3 is 2.44 bits per heavy atom. The summed E-state index contributed by atoms with van der Waals surface area (Å²) in [7, 11) is 0. The molecule has 3 fully saturated rings. The lowest BCUT2D eigenvalue weighted by Gasteiger charge is -2.47. The fourth-order valence-electron chi connectivity index (χ4n) is 3.90. The van der Waals surface area contributed by atoms with E-state index in [1.54, 1.807) is 11.8 Å². The molecule has 1 spiro atoms. The molecule has 3 aliphatic heterocycles. The number of carbonyl (C=O) groups is 3. The third kappa shape index (κ3) is 3.73. The van der Waals surface area contributed by atoms with Crippen LogP contribution >= 0.6 is 0 Å². The average Bonchev–Trinajstić information content (AvgIpc) is 2.57. The molecule has 3 heterocycles. The minimum absolute atomic E-state index is 0.153. The summed E-state index contributed by atoms with van der Waals surface area (Å²) in [5.74, 6) is -0.0224. The zero-order valence-electron chi connectivity index (χ0n) is 14.8. The standard InChI is InChI=1S/C17H27N3O5/c1-13-15(22)19(9-10-20(13)16(23)24)6-2-3-14(21)18-7-4-17(5-8-18)11-25-12-17/h13H,2-12H2,1H3,(H,23,24)/t13-/m0/s1. The number of amides is 3. The second-order valence-electron chi connectivity index (χ2n) is 7.45. The Morgan fingerprint density at radius 1 is 1.20 bits per heavy atom. The Morgan fingerprint density at radius 2 is 1.88 bits per heavy atom. The van der Waals surface area contributed by atoms with Gasteiger partial charge in [0.2, 0.25) is 11.8 Å². The highest BCUT2D eigenvalue weighted by molar-refractivity contribution is 5.86. The average molecular weight is 353 g/mol. The number of hydrogen-bond acceptors (Lipinski definition) is 4. The van der Waals surface area contributed by atoms with Gasteiger partial charge >= 0.3 is 6.09 Å². The maximum Gasteiger partial charge on any atom is 0.408 e. The topological polar surface area (TPSA) is 90.4 Å². The first-order valence-electron chi connectivity index (χ1n) is 9.06. The molecule has 1 atom stereocenters. The maximum atomic E-state index is 12.3. The summed E-state index contributed by atoms with van der Waals surface area (Å²) in [6.45, 7) is 6.11. The molecular formula is C17H27N3O5. The molecule has 3 aliphatic rings. The van der Waals surface area contributed by atoms with Gasteiger partial charge in [0.25, 0.3) is 0 Å². The molecule has 1 N–H and O–H groups in total. The molecule has 0 saturated carbocycles. The molecule has 3 rings (SSSR count). The smallest absolute Gasteiger partial charge is 0.408 e. The first-order chi connectivity index (χ1) is 11.9. The summed E-state index contributed by atoms with van der Waals surface area (Å²) in [5.41, 5.74) is 0.323. The van der Waals surface area contributed by atoms with Crippen molar-refractivity contribution in [3.63, 3.8) is 0 Å². The molecule has 8 nitrogen and oxygen atoms in total. The van der Waals surface area contributed by atoms with Gasteiger partial charge < -0.3 is 19.6 Å². The van der Waals surface area contributed by atoms with Crippen molar-refractivity contribution in [1.29, 1.82) is 0 Å². The van der Waals surface area contributed by atoms with Gasteiger partial charge in [0.15, 0.2) is 0 Å². The van der Waals surface area contributed by atoms with E-state index in [1.807, 2.05) is 4.90 Å².